The minimum Gasteiger partial charge on any atom is -0.153 e. The third-order valence-corrected chi connectivity index (χ3v) is 65.0. The second-order valence-electron chi connectivity index (χ2n) is 48.9. The molecule has 134 heavy (non-hydrogen) atoms. The molecule has 17 atom stereocenters. The third-order valence-electron chi connectivity index (χ3n) is 32.0. The Morgan fingerprint density at radius 2 is 0.597 bits per heavy atom. The SMILES string of the molecule is CC(C)(C)c1ccc([S+]2C3C=CC2CC3)cc1.CC(C)(C)c1ccc([S+]2C3C=CCC2C=CC3)cc1.CC(C)(C)c1ccc([S+]2C3CCC(C3)C2(Cl)Cl)cc1.CC(C)(C)c1ccc([S+]2C3CCC(C3)C2(F)F)cc1.CC(C)(C)c1ccc([S+]2C3CCC(C3)C23CC3)cc1.CC(C)(C)c1ccc([S+]2C3SC4SC(S3)SC2S4)cc1.CC1CCC2CC1[S+](c1ccc(C(C)(C)C)cc1)C2(C)C. The van der Waals surface area contributed by atoms with E-state index in [0.717, 1.165) is 93.8 Å². The van der Waals surface area contributed by atoms with Gasteiger partial charge in [0.25, 0.3) is 3.67 Å². The molecule has 5 saturated carbocycles. The van der Waals surface area contributed by atoms with E-state index in [1.54, 1.807) is 30.9 Å². The number of allylic oxidation sites excluding steroid dienone is 2. The summed E-state index contributed by atoms with van der Waals surface area (Å²) >= 11 is 24.3. The van der Waals surface area contributed by atoms with Gasteiger partial charge in [-0.15, -0.1) is 11.8 Å². The molecule has 17 unspecified atom stereocenters. The average molecular weight is 2070 g/mol. The molecule has 14 fully saturated rings. The van der Waals surface area contributed by atoms with E-state index < -0.39 is 19.8 Å². The first-order valence-electron chi connectivity index (χ1n) is 50.8. The first kappa shape index (κ1) is 104. The number of hydrogen-bond donors (Lipinski definition) is 0. The van der Waals surface area contributed by atoms with E-state index in [4.69, 9.17) is 23.2 Å². The van der Waals surface area contributed by atoms with Crippen molar-refractivity contribution >= 4 is 158 Å². The predicted octanol–water partition coefficient (Wildman–Crippen LogP) is 34.7. The van der Waals surface area contributed by atoms with Crippen LogP contribution in [0.3, 0.4) is 0 Å². The molecule has 12 heterocycles. The van der Waals surface area contributed by atoms with Crippen LogP contribution >= 0.6 is 82.0 Å². The molecule has 0 amide bonds. The second kappa shape index (κ2) is 40.3. The fourth-order valence-corrected chi connectivity index (χ4v) is 64.9. The molecule has 7 aromatic carbocycles. The van der Waals surface area contributed by atoms with Crippen molar-refractivity contribution in [2.24, 2.45) is 29.6 Å². The summed E-state index contributed by atoms with van der Waals surface area (Å²) in [5.74, 6) is 3.09. The van der Waals surface area contributed by atoms with Crippen molar-refractivity contribution in [1.29, 1.82) is 0 Å². The molecule has 24 rings (SSSR count). The lowest BCUT2D eigenvalue weighted by Gasteiger charge is -2.44. The number of halogens is 4. The van der Waals surface area contributed by atoms with E-state index in [9.17, 15) is 8.78 Å². The van der Waals surface area contributed by atoms with E-state index in [1.807, 2.05) is 24.3 Å². The summed E-state index contributed by atoms with van der Waals surface area (Å²) in [6.07, 6.45) is 38.0. The van der Waals surface area contributed by atoms with Gasteiger partial charge in [0.1, 0.15) is 70.2 Å². The predicted molar refractivity (Wildman–Crippen MR) is 609 cm³/mol. The maximum atomic E-state index is 14.3. The zero-order chi connectivity index (χ0) is 95.7. The Morgan fingerprint density at radius 3 is 0.940 bits per heavy atom. The van der Waals surface area contributed by atoms with Crippen LogP contribution in [-0.4, -0.2) is 76.1 Å². The lowest BCUT2D eigenvalue weighted by atomic mass is 9.78. The van der Waals surface area contributed by atoms with Crippen LogP contribution < -0.4 is 0 Å². The van der Waals surface area contributed by atoms with Crippen LogP contribution in [-0.2, 0) is 114 Å². The van der Waals surface area contributed by atoms with Gasteiger partial charge in [-0.3, -0.25) is 0 Å². The van der Waals surface area contributed by atoms with Crippen LogP contribution in [0, 0.1) is 29.6 Å². The molecule has 0 nitrogen and oxygen atoms in total. The molecule has 724 valence electrons. The summed E-state index contributed by atoms with van der Waals surface area (Å²) in [7, 11) is 1.45. The van der Waals surface area contributed by atoms with E-state index in [-0.39, 0.29) is 60.0 Å². The zero-order valence-electron chi connectivity index (χ0n) is 85.1. The molecule has 1 spiro atoms. The van der Waals surface area contributed by atoms with E-state index in [2.05, 4.69) is 407 Å². The molecule has 5 aliphatic carbocycles. The molecule has 9 saturated heterocycles. The van der Waals surface area contributed by atoms with Gasteiger partial charge >= 0.3 is 5.25 Å². The van der Waals surface area contributed by atoms with Crippen LogP contribution in [0.2, 0.25) is 0 Å². The molecule has 12 aliphatic heterocycles. The van der Waals surface area contributed by atoms with E-state index >= 15 is 0 Å². The third kappa shape index (κ3) is 22.2. The zero-order valence-corrected chi connectivity index (χ0v) is 96.4. The molecule has 0 aromatic heterocycles. The number of benzene rings is 7. The van der Waals surface area contributed by atoms with Gasteiger partial charge in [-0.05, 0) is 274 Å². The average Bonchev–Trinajstić information content (AvgIpc) is 1.53. The Balaban J connectivity index is 0.000000109. The van der Waals surface area contributed by atoms with Gasteiger partial charge in [0.2, 0.25) is 7.83 Å². The normalized spacial score (nSPS) is 33.7. The van der Waals surface area contributed by atoms with Crippen LogP contribution in [0.1, 0.15) is 321 Å². The van der Waals surface area contributed by atoms with Gasteiger partial charge in [0.15, 0.2) is 34.3 Å². The molecule has 17 aliphatic rings. The van der Waals surface area contributed by atoms with Crippen molar-refractivity contribution in [1.82, 2.24) is 0 Å². The number of rotatable bonds is 7. The summed E-state index contributed by atoms with van der Waals surface area (Å²) in [6.45, 7) is 55.2. The molecule has 16 heteroatoms. The quantitative estimate of drug-likeness (QED) is 0.0883. The molecular weight excluding hydrogens is 1910 g/mol. The van der Waals surface area contributed by atoms with E-state index in [0.29, 0.717) is 70.4 Å². The smallest absolute Gasteiger partial charge is 0.153 e. The first-order chi connectivity index (χ1) is 62.9. The topological polar surface area (TPSA) is 0 Å². The van der Waals surface area contributed by atoms with Crippen molar-refractivity contribution in [2.75, 3.05) is 0 Å². The number of alkyl halides is 4. The number of thioether (sulfide) groups is 5. The fourth-order valence-electron chi connectivity index (χ4n) is 23.6. The standard InChI is InChI=1S/C20H31S.C18H25S.C18H23S.C16H21Cl2S.C16H21F2S.C16H21S.C14H17S6/c1-14-7-8-16-13-18(14)21(20(16,5)6)17-11-9-15(10-12-17)19(2,3)4;1-17(2,3)13-4-7-15(8-5-13)19-16-9-6-14(12-16)18(19)10-11-18;1-18(2,3)14-10-12-17(13-11-14)19-15-6-4-7-16(19)9-5-8-15;2*1-15(2,3)11-4-7-13(8-5-11)19-14-9-6-12(10-14)16(19,17)18;1-16(2,3)12-4-6-13(7-5-12)17-14-8-9-15(17)11-10-14;1-14(2,3)8-4-6-9(7-5-8)20-12-16-10-15-11(18-12)19-13(20)17-10/h9-12,14,16,18H,7-8,13H2,1-6H3;4-5,7-8,14,16H,6,9-12H2,1-3H3;4-6,9-13,15-16H,7-8H2,1-3H3;2*4-5,7-8,12,14H,6,9-10H2,1-3H3;4-9,14-15H,10-11H2,1-3H3;4-7,10-13H,1-3H3/q7*+1. The van der Waals surface area contributed by atoms with Gasteiger partial charge in [0.05, 0.1) is 27.7 Å². The monoisotopic (exact) mass is 2070 g/mol. The summed E-state index contributed by atoms with van der Waals surface area (Å²) in [5, 5.41) is 3.61. The van der Waals surface area contributed by atoms with Crippen LogP contribution in [0.25, 0.3) is 0 Å². The Hall–Kier alpha value is -1.60. The van der Waals surface area contributed by atoms with Crippen LogP contribution in [0.4, 0.5) is 8.78 Å². The van der Waals surface area contributed by atoms with Crippen LogP contribution in [0.15, 0.2) is 241 Å². The van der Waals surface area contributed by atoms with Crippen molar-refractivity contribution in [3.05, 3.63) is 245 Å². The lowest BCUT2D eigenvalue weighted by molar-refractivity contribution is 0.0431. The highest BCUT2D eigenvalue weighted by atomic mass is 35.5. The largest absolute Gasteiger partial charge is 0.417 e. The molecule has 0 radical (unpaired) electrons. The van der Waals surface area contributed by atoms with Crippen molar-refractivity contribution in [3.8, 4) is 0 Å². The van der Waals surface area contributed by atoms with Crippen molar-refractivity contribution in [3.63, 3.8) is 0 Å². The summed E-state index contributed by atoms with van der Waals surface area (Å²) < 4.78 is 32.6. The molecule has 7 aromatic rings. The highest BCUT2D eigenvalue weighted by Crippen LogP contribution is 2.72. The van der Waals surface area contributed by atoms with E-state index in [1.165, 1.54) is 134 Å². The molecular formula is C118H159Cl2F2S12+7. The Morgan fingerprint density at radius 1 is 0.299 bits per heavy atom. The first-order valence-corrected chi connectivity index (χ1v) is 65.5. The van der Waals surface area contributed by atoms with Gasteiger partial charge in [-0.1, -0.05) is 296 Å². The van der Waals surface area contributed by atoms with Crippen molar-refractivity contribution < 1.29 is 8.78 Å². The summed E-state index contributed by atoms with van der Waals surface area (Å²) in [4.78, 5) is 10.2. The summed E-state index contributed by atoms with van der Waals surface area (Å²) in [6, 6.07) is 64.7. The number of fused-ring (bicyclic) bond motifs is 13. The van der Waals surface area contributed by atoms with Crippen molar-refractivity contribution in [2.45, 2.75) is 430 Å². The van der Waals surface area contributed by atoms with Gasteiger partial charge in [0, 0.05) is 131 Å². The summed E-state index contributed by atoms with van der Waals surface area (Å²) in [5.41, 5.74) is 11.5. The lowest BCUT2D eigenvalue weighted by Crippen LogP contribution is -2.40. The van der Waals surface area contributed by atoms with Gasteiger partial charge in [-0.25, -0.2) is 0 Å². The minimum absolute atomic E-state index is 0.00675. The highest BCUT2D eigenvalue weighted by molar-refractivity contribution is 8.61. The molecule has 0 N–H and O–H groups in total. The Kier molecular flexibility index (Phi) is 31.2. The maximum Gasteiger partial charge on any atom is 0.417 e. The second-order valence-corrected chi connectivity index (χ2v) is 77.6. The van der Waals surface area contributed by atoms with Crippen LogP contribution in [0.5, 0.6) is 0 Å². The maximum absolute atomic E-state index is 14.3. The van der Waals surface area contributed by atoms with Gasteiger partial charge in [-0.2, -0.15) is 8.78 Å². The molecule has 16 bridgehead atoms. The van der Waals surface area contributed by atoms with Gasteiger partial charge < -0.3 is 0 Å². The fraction of sp³-hybridized carbons (Fsp3) is 0.593. The highest BCUT2D eigenvalue weighted by Gasteiger charge is 2.74. The number of hydrogen-bond acceptors (Lipinski definition) is 5. The Labute approximate surface area is 863 Å². The minimum atomic E-state index is -2.47. The Bertz CT molecular complexity index is 4980.